The number of aliphatic hydroxyl groups excluding tert-OH is 8. The molecule has 0 aliphatic carbocycles. The van der Waals surface area contributed by atoms with Crippen molar-refractivity contribution in [2.75, 3.05) is 13.2 Å². The summed E-state index contributed by atoms with van der Waals surface area (Å²) in [6, 6.07) is 0. The Morgan fingerprint density at radius 1 is 0.682 bits per heavy atom. The molecule has 2 heterocycles. The molecule has 0 aromatic carbocycles. The van der Waals surface area contributed by atoms with Gasteiger partial charge in [0, 0.05) is 0 Å². The Labute approximate surface area is 125 Å². The van der Waals surface area contributed by atoms with E-state index in [1.54, 1.807) is 0 Å². The minimum absolute atomic E-state index is 0.409. The van der Waals surface area contributed by atoms with E-state index in [9.17, 15) is 30.6 Å². The maximum Gasteiger partial charge on any atom is 0.160 e. The zero-order valence-electron chi connectivity index (χ0n) is 11.5. The maximum absolute atomic E-state index is 9.97. The number of rotatable bonds is 3. The zero-order chi connectivity index (χ0) is 16.6. The first-order valence-electron chi connectivity index (χ1n) is 6.82. The summed E-state index contributed by atoms with van der Waals surface area (Å²) in [7, 11) is 0. The zero-order valence-corrected chi connectivity index (χ0v) is 11.5. The molecular formula is C12H21O10. The molecule has 1 radical (unpaired) electrons. The van der Waals surface area contributed by atoms with Crippen LogP contribution in [-0.2, 0) is 9.47 Å². The largest absolute Gasteiger partial charge is 0.394 e. The van der Waals surface area contributed by atoms with E-state index in [2.05, 4.69) is 0 Å². The summed E-state index contributed by atoms with van der Waals surface area (Å²) in [5.41, 5.74) is 0. The molecule has 22 heavy (non-hydrogen) atoms. The van der Waals surface area contributed by atoms with Gasteiger partial charge >= 0.3 is 0 Å². The first kappa shape index (κ1) is 17.9. The van der Waals surface area contributed by atoms with Crippen LogP contribution in [0, 0.1) is 6.10 Å². The molecule has 2 aliphatic heterocycles. The highest BCUT2D eigenvalue weighted by atomic mass is 16.6. The Kier molecular flexibility index (Phi) is 5.72. The molecule has 10 nitrogen and oxygen atoms in total. The first-order valence-corrected chi connectivity index (χ1v) is 6.82. The van der Waals surface area contributed by atoms with E-state index >= 15 is 0 Å². The molecule has 0 aromatic heterocycles. The van der Waals surface area contributed by atoms with Crippen LogP contribution in [0.5, 0.6) is 0 Å². The minimum atomic E-state index is -1.75. The van der Waals surface area contributed by atoms with E-state index in [0.717, 1.165) is 0 Å². The molecule has 2 aliphatic rings. The van der Waals surface area contributed by atoms with Gasteiger partial charge in [-0.15, -0.1) is 0 Å². The summed E-state index contributed by atoms with van der Waals surface area (Å²) in [5, 5.41) is 77.0. The average Bonchev–Trinajstić information content (AvgIpc) is 2.52. The second-order valence-electron chi connectivity index (χ2n) is 5.42. The van der Waals surface area contributed by atoms with E-state index in [-0.39, 0.29) is 0 Å². The van der Waals surface area contributed by atoms with Crippen molar-refractivity contribution >= 4 is 0 Å². The molecule has 2 saturated heterocycles. The lowest BCUT2D eigenvalue weighted by Crippen LogP contribution is -2.65. The van der Waals surface area contributed by atoms with Gasteiger partial charge in [0.1, 0.15) is 54.9 Å². The summed E-state index contributed by atoms with van der Waals surface area (Å²) in [5.74, 6) is 0. The highest BCUT2D eigenvalue weighted by Crippen LogP contribution is 2.35. The second kappa shape index (κ2) is 7.01. The predicted octanol–water partition coefficient (Wildman–Crippen LogP) is -5.17. The summed E-state index contributed by atoms with van der Waals surface area (Å²) < 4.78 is 10.4. The second-order valence-corrected chi connectivity index (χ2v) is 5.42. The highest BCUT2D eigenvalue weighted by molar-refractivity contribution is 5.11. The van der Waals surface area contributed by atoms with Crippen molar-refractivity contribution in [3.8, 4) is 0 Å². The SMILES string of the molecule is OC[C@H]1O[C]([C@H]2O[C@H](CO)[C@@H](O)[C@H](O)[C@@H]2O)[C@H](O)[C@@H](O)[C@H]1O. The van der Waals surface area contributed by atoms with Gasteiger partial charge in [-0.05, 0) is 0 Å². The fraction of sp³-hybridized carbons (Fsp3) is 0.917. The van der Waals surface area contributed by atoms with E-state index < -0.39 is 74.3 Å². The topological polar surface area (TPSA) is 180 Å². The number of hydrogen-bond donors (Lipinski definition) is 8. The van der Waals surface area contributed by atoms with Crippen molar-refractivity contribution in [3.63, 3.8) is 0 Å². The van der Waals surface area contributed by atoms with Gasteiger partial charge in [-0.1, -0.05) is 0 Å². The lowest BCUT2D eigenvalue weighted by molar-refractivity contribution is -0.269. The third-order valence-electron chi connectivity index (χ3n) is 3.99. The van der Waals surface area contributed by atoms with Crippen LogP contribution in [0.4, 0.5) is 0 Å². The minimum Gasteiger partial charge on any atom is -0.394 e. The summed E-state index contributed by atoms with van der Waals surface area (Å²) in [4.78, 5) is 0. The molecule has 2 rings (SSSR count). The fourth-order valence-corrected chi connectivity index (χ4v) is 2.61. The molecule has 10 heteroatoms. The van der Waals surface area contributed by atoms with E-state index in [1.807, 2.05) is 0 Å². The molecular weight excluding hydrogens is 304 g/mol. The van der Waals surface area contributed by atoms with Crippen LogP contribution in [0.1, 0.15) is 0 Å². The summed E-state index contributed by atoms with van der Waals surface area (Å²) in [6.07, 6.45) is -14.3. The van der Waals surface area contributed by atoms with E-state index in [4.69, 9.17) is 19.7 Å². The van der Waals surface area contributed by atoms with Gasteiger partial charge in [0.05, 0.1) is 13.2 Å². The Balaban J connectivity index is 2.21. The standard InChI is InChI=1S/C12H21O10/c13-1-3-5(15)7(17)9(19)11(21-3)12-10(20)8(18)6(16)4(2-14)22-12/h3-11,13-20H,1-2H2/t3-,4-,5-,6+,7+,8+,9+,10-,11+/m1/s1. The van der Waals surface area contributed by atoms with Gasteiger partial charge in [0.2, 0.25) is 0 Å². The number of hydrogen-bond acceptors (Lipinski definition) is 10. The molecule has 0 amide bonds. The summed E-state index contributed by atoms with van der Waals surface area (Å²) >= 11 is 0. The van der Waals surface area contributed by atoms with Gasteiger partial charge < -0.3 is 50.3 Å². The van der Waals surface area contributed by atoms with Crippen molar-refractivity contribution in [2.45, 2.75) is 54.9 Å². The molecule has 0 spiro atoms. The van der Waals surface area contributed by atoms with Crippen LogP contribution >= 0.6 is 0 Å². The molecule has 8 N–H and O–H groups in total. The molecule has 0 bridgehead atoms. The molecule has 0 unspecified atom stereocenters. The van der Waals surface area contributed by atoms with Crippen LogP contribution in [0.25, 0.3) is 0 Å². The smallest absolute Gasteiger partial charge is 0.160 e. The maximum atomic E-state index is 9.97. The van der Waals surface area contributed by atoms with Gasteiger partial charge in [0.15, 0.2) is 6.10 Å². The third-order valence-corrected chi connectivity index (χ3v) is 3.99. The quantitative estimate of drug-likeness (QED) is 0.250. The lowest BCUT2D eigenvalue weighted by Gasteiger charge is -2.47. The van der Waals surface area contributed by atoms with Crippen LogP contribution < -0.4 is 0 Å². The van der Waals surface area contributed by atoms with Crippen molar-refractivity contribution in [1.29, 1.82) is 0 Å². The van der Waals surface area contributed by atoms with Crippen molar-refractivity contribution in [1.82, 2.24) is 0 Å². The van der Waals surface area contributed by atoms with Gasteiger partial charge in [-0.2, -0.15) is 0 Å². The van der Waals surface area contributed by atoms with Gasteiger partial charge in [-0.3, -0.25) is 0 Å². The summed E-state index contributed by atoms with van der Waals surface area (Å²) in [6.45, 7) is -1.34. The predicted molar refractivity (Wildman–Crippen MR) is 67.0 cm³/mol. The van der Waals surface area contributed by atoms with Crippen molar-refractivity contribution in [3.05, 3.63) is 6.10 Å². The van der Waals surface area contributed by atoms with Gasteiger partial charge in [-0.25, -0.2) is 0 Å². The van der Waals surface area contributed by atoms with Crippen molar-refractivity contribution < 1.29 is 50.3 Å². The third kappa shape index (κ3) is 2.99. The normalized spacial score (nSPS) is 51.0. The molecule has 0 saturated carbocycles. The monoisotopic (exact) mass is 325 g/mol. The van der Waals surface area contributed by atoms with Gasteiger partial charge in [0.25, 0.3) is 0 Å². The number of ether oxygens (including phenoxy) is 2. The van der Waals surface area contributed by atoms with Crippen LogP contribution in [0.15, 0.2) is 0 Å². The Bertz CT molecular complexity index is 330. The lowest BCUT2D eigenvalue weighted by atomic mass is 9.86. The molecule has 0 aromatic rings. The van der Waals surface area contributed by atoms with E-state index in [0.29, 0.717) is 0 Å². The fourth-order valence-electron chi connectivity index (χ4n) is 2.61. The van der Waals surface area contributed by atoms with Crippen molar-refractivity contribution in [2.24, 2.45) is 0 Å². The van der Waals surface area contributed by atoms with Crippen LogP contribution in [0.3, 0.4) is 0 Å². The molecule has 129 valence electrons. The Morgan fingerprint density at radius 2 is 1.23 bits per heavy atom. The Hall–Kier alpha value is -0.400. The molecule has 2 fully saturated rings. The highest BCUT2D eigenvalue weighted by Gasteiger charge is 2.54. The van der Waals surface area contributed by atoms with E-state index in [1.165, 1.54) is 0 Å². The van der Waals surface area contributed by atoms with Crippen LogP contribution in [0.2, 0.25) is 0 Å². The average molecular weight is 325 g/mol. The first-order chi connectivity index (χ1) is 10.3. The van der Waals surface area contributed by atoms with Crippen LogP contribution in [-0.4, -0.2) is 109 Å². The Morgan fingerprint density at radius 3 is 1.77 bits per heavy atom. The molecule has 9 atom stereocenters. The number of aliphatic hydroxyl groups is 8.